The highest BCUT2D eigenvalue weighted by atomic mass is 35.5. The third-order valence-corrected chi connectivity index (χ3v) is 4.42. The Balaban J connectivity index is 1.45. The topological polar surface area (TPSA) is 54.0 Å². The summed E-state index contributed by atoms with van der Waals surface area (Å²) in [5, 5.41) is 6.90. The van der Waals surface area contributed by atoms with E-state index < -0.39 is 0 Å². The maximum absolute atomic E-state index is 12.1. The lowest BCUT2D eigenvalue weighted by molar-refractivity contribution is -0.115. The fourth-order valence-electron chi connectivity index (χ4n) is 2.65. The molecule has 0 aliphatic heterocycles. The average molecular weight is 380 g/mol. The van der Waals surface area contributed by atoms with Gasteiger partial charge in [-0.3, -0.25) is 4.79 Å². The third-order valence-electron chi connectivity index (χ3n) is 4.17. The van der Waals surface area contributed by atoms with Crippen LogP contribution in [0.1, 0.15) is 16.7 Å². The number of hydrogen-bond donors (Lipinski definition) is 2. The van der Waals surface area contributed by atoms with Crippen molar-refractivity contribution in [3.8, 4) is 0 Å². The molecule has 0 bridgehead atoms. The molecule has 1 amide bonds. The van der Waals surface area contributed by atoms with Gasteiger partial charge in [0.1, 0.15) is 5.82 Å². The molecule has 0 unspecified atom stereocenters. The van der Waals surface area contributed by atoms with E-state index >= 15 is 0 Å². The number of anilines is 2. The summed E-state index contributed by atoms with van der Waals surface area (Å²) in [6.07, 6.45) is 2.96. The van der Waals surface area contributed by atoms with Crippen molar-refractivity contribution >= 4 is 29.0 Å². The Labute approximate surface area is 164 Å². The van der Waals surface area contributed by atoms with Crippen LogP contribution in [0.3, 0.4) is 0 Å². The Hall–Kier alpha value is -2.85. The van der Waals surface area contributed by atoms with E-state index in [1.54, 1.807) is 12.3 Å². The molecule has 0 atom stereocenters. The molecule has 0 saturated carbocycles. The minimum absolute atomic E-state index is 0.0743. The summed E-state index contributed by atoms with van der Waals surface area (Å²) in [5.41, 5.74) is 4.30. The molecule has 4 nitrogen and oxygen atoms in total. The summed E-state index contributed by atoms with van der Waals surface area (Å²) in [4.78, 5) is 16.4. The highest BCUT2D eigenvalue weighted by Gasteiger charge is 2.05. The molecule has 0 aliphatic carbocycles. The Morgan fingerprint density at radius 2 is 1.67 bits per heavy atom. The second-order valence-electron chi connectivity index (χ2n) is 6.45. The van der Waals surface area contributed by atoms with Gasteiger partial charge in [0.05, 0.1) is 18.3 Å². The summed E-state index contributed by atoms with van der Waals surface area (Å²) in [6.45, 7) is 2.82. The zero-order chi connectivity index (χ0) is 19.1. The van der Waals surface area contributed by atoms with Crippen molar-refractivity contribution in [2.24, 2.45) is 0 Å². The number of rotatable bonds is 7. The molecule has 1 aromatic heterocycles. The van der Waals surface area contributed by atoms with Gasteiger partial charge in [-0.25, -0.2) is 4.98 Å². The number of halogens is 1. The number of hydrogen-bond acceptors (Lipinski definition) is 3. The zero-order valence-corrected chi connectivity index (χ0v) is 16.0. The lowest BCUT2D eigenvalue weighted by Crippen LogP contribution is -2.15. The molecule has 0 spiro atoms. The van der Waals surface area contributed by atoms with Gasteiger partial charge in [0.2, 0.25) is 5.91 Å². The van der Waals surface area contributed by atoms with Crippen LogP contribution in [-0.4, -0.2) is 17.4 Å². The molecular formula is C22H22ClN3O. The van der Waals surface area contributed by atoms with Crippen molar-refractivity contribution in [2.75, 3.05) is 17.2 Å². The Bertz CT molecular complexity index is 875. The molecule has 2 aromatic carbocycles. The van der Waals surface area contributed by atoms with E-state index in [4.69, 9.17) is 11.6 Å². The number of carbonyl (C=O) groups is 1. The number of nitrogens with zero attached hydrogens (tertiary/aromatic N) is 1. The van der Waals surface area contributed by atoms with Crippen molar-refractivity contribution in [3.05, 3.63) is 88.6 Å². The molecule has 0 radical (unpaired) electrons. The summed E-state index contributed by atoms with van der Waals surface area (Å²) in [6, 6.07) is 19.5. The molecule has 138 valence electrons. The second kappa shape index (κ2) is 9.19. The maximum atomic E-state index is 12.1. The van der Waals surface area contributed by atoms with Crippen molar-refractivity contribution < 1.29 is 4.79 Å². The van der Waals surface area contributed by atoms with Gasteiger partial charge in [0.15, 0.2) is 0 Å². The standard InChI is InChI=1S/C22H22ClN3O/c1-16-2-4-18(5-3-16)14-22(27)26-21-11-10-20(15-25-21)24-13-12-17-6-8-19(23)9-7-17/h2-11,15,24H,12-14H2,1H3,(H,25,26,27). The van der Waals surface area contributed by atoms with E-state index in [0.29, 0.717) is 12.2 Å². The number of amides is 1. The first-order valence-electron chi connectivity index (χ1n) is 8.88. The maximum Gasteiger partial charge on any atom is 0.229 e. The molecular weight excluding hydrogens is 358 g/mol. The van der Waals surface area contributed by atoms with Crippen molar-refractivity contribution in [2.45, 2.75) is 19.8 Å². The van der Waals surface area contributed by atoms with E-state index in [1.165, 1.54) is 11.1 Å². The Morgan fingerprint density at radius 1 is 0.963 bits per heavy atom. The van der Waals surface area contributed by atoms with Crippen LogP contribution in [0.15, 0.2) is 66.9 Å². The third kappa shape index (κ3) is 6.12. The second-order valence-corrected chi connectivity index (χ2v) is 6.88. The van der Waals surface area contributed by atoms with Gasteiger partial charge in [-0.15, -0.1) is 0 Å². The van der Waals surface area contributed by atoms with E-state index in [2.05, 4.69) is 15.6 Å². The molecule has 0 aliphatic rings. The lowest BCUT2D eigenvalue weighted by atomic mass is 10.1. The number of pyridine rings is 1. The molecule has 3 rings (SSSR count). The summed E-state index contributed by atoms with van der Waals surface area (Å²) in [7, 11) is 0. The highest BCUT2D eigenvalue weighted by Crippen LogP contribution is 2.13. The van der Waals surface area contributed by atoms with Crippen LogP contribution in [0.5, 0.6) is 0 Å². The quantitative estimate of drug-likeness (QED) is 0.615. The van der Waals surface area contributed by atoms with Crippen molar-refractivity contribution in [1.82, 2.24) is 4.98 Å². The first-order chi connectivity index (χ1) is 13.1. The highest BCUT2D eigenvalue weighted by molar-refractivity contribution is 6.30. The Kier molecular flexibility index (Phi) is 6.44. The molecule has 27 heavy (non-hydrogen) atoms. The molecule has 3 aromatic rings. The van der Waals surface area contributed by atoms with Crippen LogP contribution >= 0.6 is 11.6 Å². The minimum Gasteiger partial charge on any atom is -0.383 e. The number of nitrogens with one attached hydrogen (secondary N) is 2. The zero-order valence-electron chi connectivity index (χ0n) is 15.2. The van der Waals surface area contributed by atoms with E-state index in [-0.39, 0.29) is 5.91 Å². The fraction of sp³-hybridized carbons (Fsp3) is 0.182. The number of aryl methyl sites for hydroxylation is 1. The SMILES string of the molecule is Cc1ccc(CC(=O)Nc2ccc(NCCc3ccc(Cl)cc3)cn2)cc1. The van der Waals surface area contributed by atoms with Crippen LogP contribution < -0.4 is 10.6 Å². The smallest absolute Gasteiger partial charge is 0.229 e. The predicted molar refractivity (Wildman–Crippen MR) is 111 cm³/mol. The van der Waals surface area contributed by atoms with Crippen molar-refractivity contribution in [1.29, 1.82) is 0 Å². The van der Waals surface area contributed by atoms with Crippen LogP contribution in [-0.2, 0) is 17.6 Å². The largest absolute Gasteiger partial charge is 0.383 e. The van der Waals surface area contributed by atoms with Gasteiger partial charge in [-0.2, -0.15) is 0 Å². The van der Waals surface area contributed by atoms with Gasteiger partial charge in [-0.1, -0.05) is 53.6 Å². The summed E-state index contributed by atoms with van der Waals surface area (Å²) in [5.74, 6) is 0.477. The monoisotopic (exact) mass is 379 g/mol. The van der Waals surface area contributed by atoms with E-state index in [1.807, 2.05) is 61.5 Å². The van der Waals surface area contributed by atoms with Crippen LogP contribution in [0.25, 0.3) is 0 Å². The normalized spacial score (nSPS) is 10.4. The van der Waals surface area contributed by atoms with Crippen LogP contribution in [0, 0.1) is 6.92 Å². The van der Waals surface area contributed by atoms with Gasteiger partial charge in [0.25, 0.3) is 0 Å². The van der Waals surface area contributed by atoms with Gasteiger partial charge >= 0.3 is 0 Å². The summed E-state index contributed by atoms with van der Waals surface area (Å²) < 4.78 is 0. The Morgan fingerprint density at radius 3 is 2.33 bits per heavy atom. The number of aromatic nitrogens is 1. The number of carbonyl (C=O) groups excluding carboxylic acids is 1. The molecule has 2 N–H and O–H groups in total. The van der Waals surface area contributed by atoms with E-state index in [0.717, 1.165) is 29.2 Å². The molecule has 0 saturated heterocycles. The number of benzene rings is 2. The van der Waals surface area contributed by atoms with Crippen molar-refractivity contribution in [3.63, 3.8) is 0 Å². The summed E-state index contributed by atoms with van der Waals surface area (Å²) >= 11 is 5.89. The molecule has 1 heterocycles. The fourth-order valence-corrected chi connectivity index (χ4v) is 2.78. The van der Waals surface area contributed by atoms with E-state index in [9.17, 15) is 4.79 Å². The first kappa shape index (κ1) is 18.9. The average Bonchev–Trinajstić information content (AvgIpc) is 2.67. The predicted octanol–water partition coefficient (Wildman–Crippen LogP) is 4.88. The van der Waals surface area contributed by atoms with Crippen LogP contribution in [0.2, 0.25) is 5.02 Å². The first-order valence-corrected chi connectivity index (χ1v) is 9.26. The van der Waals surface area contributed by atoms with Gasteiger partial charge in [0, 0.05) is 11.6 Å². The molecule has 0 fully saturated rings. The van der Waals surface area contributed by atoms with Gasteiger partial charge in [-0.05, 0) is 48.7 Å². The van der Waals surface area contributed by atoms with Crippen LogP contribution in [0.4, 0.5) is 11.5 Å². The lowest BCUT2D eigenvalue weighted by Gasteiger charge is -2.08. The van der Waals surface area contributed by atoms with Gasteiger partial charge < -0.3 is 10.6 Å². The minimum atomic E-state index is -0.0743. The molecule has 5 heteroatoms.